The van der Waals surface area contributed by atoms with Crippen LogP contribution in [0.15, 0.2) is 0 Å². The zero-order valence-corrected chi connectivity index (χ0v) is 24.3. The summed E-state index contributed by atoms with van der Waals surface area (Å²) in [5, 5.41) is 55.4. The molecule has 2 saturated heterocycles. The van der Waals surface area contributed by atoms with Crippen LogP contribution in [0, 0.1) is 11.3 Å². The minimum absolute atomic E-state index is 0.138. The number of aliphatic hydroxyl groups excluding tert-OH is 4. The second-order valence-corrected chi connectivity index (χ2v) is 11.3. The summed E-state index contributed by atoms with van der Waals surface area (Å²) in [7, 11) is 0. The largest absolute Gasteiger partial charge is 0.479 e. The summed E-state index contributed by atoms with van der Waals surface area (Å²) >= 11 is 0. The highest BCUT2D eigenvalue weighted by Gasteiger charge is 2.55. The molecule has 2 aliphatic rings. The molecule has 8 N–H and O–H groups in total. The van der Waals surface area contributed by atoms with Crippen molar-refractivity contribution in [2.45, 2.75) is 134 Å². The topological polar surface area (TPSA) is 210 Å². The molecule has 0 aliphatic carbocycles. The van der Waals surface area contributed by atoms with Crippen molar-refractivity contribution in [1.29, 1.82) is 0 Å². The van der Waals surface area contributed by atoms with Gasteiger partial charge in [-0.1, -0.05) is 53.9 Å². The van der Waals surface area contributed by atoms with Gasteiger partial charge >= 0.3 is 12.0 Å². The van der Waals surface area contributed by atoms with Crippen LogP contribution < -0.4 is 11.1 Å². The molecule has 12 atom stereocenters. The lowest BCUT2D eigenvalue weighted by Crippen LogP contribution is -2.70. The molecular weight excluding hydrogens is 528 g/mol. The van der Waals surface area contributed by atoms with E-state index in [9.17, 15) is 35.1 Å². The predicted octanol–water partition coefficient (Wildman–Crippen LogP) is 0.488. The molecule has 13 nitrogen and oxygen atoms in total. The van der Waals surface area contributed by atoms with E-state index in [0.717, 1.165) is 25.7 Å². The molecular formula is C27H50N2O11. The van der Waals surface area contributed by atoms with Crippen molar-refractivity contribution >= 4 is 12.0 Å². The van der Waals surface area contributed by atoms with Crippen molar-refractivity contribution in [1.82, 2.24) is 5.32 Å². The third kappa shape index (κ3) is 8.03. The van der Waals surface area contributed by atoms with E-state index < -0.39 is 85.2 Å². The number of amides is 2. The van der Waals surface area contributed by atoms with E-state index in [1.54, 1.807) is 0 Å². The minimum Gasteiger partial charge on any atom is -0.479 e. The SMILES string of the molecule is CCCC(CC)CO[C@@H]1C(C(=O)O)O[C@@H](OC2C(NC(N)=O)C(C(C)(CC)CCC)OC(CO)[C@H]2O)C(O)C1O. The molecule has 0 aromatic heterocycles. The standard InChI is InChI=1S/C27H50N2O11/c1-6-10-14(8-3)13-37-21-18(32)19(33)25(40-22(21)24(34)35)39-20-16(29-26(28)36)23(27(5,9-4)11-7-2)38-15(12-30)17(20)31/h14-23,25,30-33H,6-13H2,1-5H3,(H,34,35)(H3,28,29,36)/t14?,15?,16?,17-,18?,19?,20?,21+,22?,23?,25-,27?/m1/s1. The fourth-order valence-electron chi connectivity index (χ4n) is 5.83. The summed E-state index contributed by atoms with van der Waals surface area (Å²) in [6, 6.07) is -1.98. The lowest BCUT2D eigenvalue weighted by atomic mass is 9.71. The Kier molecular flexibility index (Phi) is 13.5. The van der Waals surface area contributed by atoms with Gasteiger partial charge < -0.3 is 55.5 Å². The highest BCUT2D eigenvalue weighted by Crippen LogP contribution is 2.41. The van der Waals surface area contributed by atoms with Crippen molar-refractivity contribution < 1.29 is 54.1 Å². The number of carboxylic acid groups (broad SMARTS) is 1. The predicted molar refractivity (Wildman–Crippen MR) is 143 cm³/mol. The van der Waals surface area contributed by atoms with E-state index in [-0.39, 0.29) is 12.5 Å². The number of primary amides is 1. The van der Waals surface area contributed by atoms with Crippen LogP contribution in [0.25, 0.3) is 0 Å². The average molecular weight is 579 g/mol. The number of carboxylic acids is 1. The van der Waals surface area contributed by atoms with Gasteiger partial charge in [0.05, 0.1) is 25.4 Å². The first-order valence-electron chi connectivity index (χ1n) is 14.4. The Morgan fingerprint density at radius 1 is 1.02 bits per heavy atom. The van der Waals surface area contributed by atoms with Crippen LogP contribution in [0.2, 0.25) is 0 Å². The van der Waals surface area contributed by atoms with Crippen LogP contribution in [-0.4, -0.2) is 112 Å². The minimum atomic E-state index is -1.75. The Labute approximate surface area is 236 Å². The molecule has 0 bridgehead atoms. The van der Waals surface area contributed by atoms with Gasteiger partial charge in [-0.05, 0) is 30.6 Å². The number of rotatable bonds is 15. The number of ether oxygens (including phenoxy) is 4. The molecule has 234 valence electrons. The molecule has 0 spiro atoms. The number of nitrogens with two attached hydrogens (primary N) is 1. The van der Waals surface area contributed by atoms with E-state index in [1.807, 2.05) is 34.6 Å². The smallest absolute Gasteiger partial charge is 0.335 e. The maximum Gasteiger partial charge on any atom is 0.335 e. The Morgan fingerprint density at radius 3 is 2.20 bits per heavy atom. The van der Waals surface area contributed by atoms with Crippen LogP contribution >= 0.6 is 0 Å². The van der Waals surface area contributed by atoms with Gasteiger partial charge in [-0.2, -0.15) is 0 Å². The monoisotopic (exact) mass is 578 g/mol. The molecule has 40 heavy (non-hydrogen) atoms. The first-order valence-corrected chi connectivity index (χ1v) is 14.4. The van der Waals surface area contributed by atoms with Gasteiger partial charge in [0, 0.05) is 0 Å². The van der Waals surface area contributed by atoms with Gasteiger partial charge in [0.15, 0.2) is 12.4 Å². The van der Waals surface area contributed by atoms with Crippen LogP contribution in [0.1, 0.15) is 73.1 Å². The first-order chi connectivity index (χ1) is 18.9. The highest BCUT2D eigenvalue weighted by atomic mass is 16.7. The van der Waals surface area contributed by atoms with Crippen LogP contribution in [0.5, 0.6) is 0 Å². The van der Waals surface area contributed by atoms with Gasteiger partial charge in [-0.25, -0.2) is 9.59 Å². The fraction of sp³-hybridized carbons (Fsp3) is 0.926. The highest BCUT2D eigenvalue weighted by molar-refractivity contribution is 5.73. The molecule has 13 heteroatoms. The Hall–Kier alpha value is -1.58. The number of aliphatic hydroxyl groups is 4. The van der Waals surface area contributed by atoms with Gasteiger partial charge in [0.2, 0.25) is 0 Å². The molecule has 0 aromatic rings. The summed E-state index contributed by atoms with van der Waals surface area (Å²) in [4.78, 5) is 24.2. The fourth-order valence-corrected chi connectivity index (χ4v) is 5.83. The van der Waals surface area contributed by atoms with E-state index in [2.05, 4.69) is 5.32 Å². The molecule has 2 amide bonds. The summed E-state index contributed by atoms with van der Waals surface area (Å²) in [5.74, 6) is -1.29. The summed E-state index contributed by atoms with van der Waals surface area (Å²) in [5.41, 5.74) is 4.92. The number of nitrogens with one attached hydrogen (secondary N) is 1. The van der Waals surface area contributed by atoms with E-state index >= 15 is 0 Å². The number of carbonyl (C=O) groups is 2. The molecule has 2 rings (SSSR count). The van der Waals surface area contributed by atoms with Crippen molar-refractivity contribution in [2.24, 2.45) is 17.1 Å². The maximum atomic E-state index is 12.1. The van der Waals surface area contributed by atoms with Crippen LogP contribution in [0.3, 0.4) is 0 Å². The third-order valence-corrected chi connectivity index (χ3v) is 8.40. The van der Waals surface area contributed by atoms with Crippen molar-refractivity contribution in [3.8, 4) is 0 Å². The van der Waals surface area contributed by atoms with Gasteiger partial charge in [-0.15, -0.1) is 0 Å². The molecule has 2 aliphatic heterocycles. The maximum absolute atomic E-state index is 12.1. The number of hydrogen-bond donors (Lipinski definition) is 7. The van der Waals surface area contributed by atoms with Gasteiger partial charge in [0.1, 0.15) is 36.6 Å². The number of aliphatic carboxylic acids is 1. The van der Waals surface area contributed by atoms with E-state index in [0.29, 0.717) is 12.8 Å². The van der Waals surface area contributed by atoms with Crippen molar-refractivity contribution in [3.05, 3.63) is 0 Å². The van der Waals surface area contributed by atoms with E-state index in [1.165, 1.54) is 0 Å². The Bertz CT molecular complexity index is 804. The molecule has 2 fully saturated rings. The second-order valence-electron chi connectivity index (χ2n) is 11.3. The summed E-state index contributed by atoms with van der Waals surface area (Å²) in [6.45, 7) is 9.48. The number of carbonyl (C=O) groups excluding carboxylic acids is 1. The molecule has 9 unspecified atom stereocenters. The molecule has 0 saturated carbocycles. The second kappa shape index (κ2) is 15.6. The summed E-state index contributed by atoms with van der Waals surface area (Å²) in [6.07, 6.45) is -8.38. The van der Waals surface area contributed by atoms with Crippen LogP contribution in [0.4, 0.5) is 4.79 Å². The zero-order chi connectivity index (χ0) is 30.2. The van der Waals surface area contributed by atoms with Gasteiger partial charge in [-0.3, -0.25) is 0 Å². The lowest BCUT2D eigenvalue weighted by molar-refractivity contribution is -0.333. The Morgan fingerprint density at radius 2 is 1.70 bits per heavy atom. The average Bonchev–Trinajstić information content (AvgIpc) is 2.91. The zero-order valence-electron chi connectivity index (χ0n) is 24.3. The third-order valence-electron chi connectivity index (χ3n) is 8.40. The molecule has 0 aromatic carbocycles. The van der Waals surface area contributed by atoms with E-state index in [4.69, 9.17) is 24.7 Å². The van der Waals surface area contributed by atoms with Crippen molar-refractivity contribution in [3.63, 3.8) is 0 Å². The quantitative estimate of drug-likeness (QED) is 0.142. The van der Waals surface area contributed by atoms with Crippen LogP contribution in [-0.2, 0) is 23.7 Å². The molecule has 2 heterocycles. The number of hydrogen-bond acceptors (Lipinski definition) is 10. The first kappa shape index (κ1) is 34.6. The Balaban J connectivity index is 2.38. The summed E-state index contributed by atoms with van der Waals surface area (Å²) < 4.78 is 23.4. The number of urea groups is 1. The molecule has 0 radical (unpaired) electrons. The van der Waals surface area contributed by atoms with Gasteiger partial charge in [0.25, 0.3) is 0 Å². The van der Waals surface area contributed by atoms with Crippen molar-refractivity contribution in [2.75, 3.05) is 13.2 Å². The normalized spacial score (nSPS) is 36.9. The lowest BCUT2D eigenvalue weighted by Gasteiger charge is -2.52.